The summed E-state index contributed by atoms with van der Waals surface area (Å²) in [6, 6.07) is 1.98. The number of halogens is 1. The molecule has 104 valence electrons. The molecule has 1 aliphatic carbocycles. The molecule has 2 rings (SSSR count). The van der Waals surface area contributed by atoms with E-state index in [1.165, 1.54) is 12.0 Å². The number of carbonyl (C=O) groups is 1. The van der Waals surface area contributed by atoms with Gasteiger partial charge in [0.1, 0.15) is 5.75 Å². The normalized spacial score (nSPS) is 14.7. The van der Waals surface area contributed by atoms with E-state index < -0.39 is 0 Å². The summed E-state index contributed by atoms with van der Waals surface area (Å²) in [7, 11) is 3.33. The third-order valence-corrected chi connectivity index (χ3v) is 4.03. The third kappa shape index (κ3) is 2.93. The maximum atomic E-state index is 12.1. The molecule has 0 aromatic heterocycles. The zero-order valence-electron chi connectivity index (χ0n) is 11.5. The molecule has 1 N–H and O–H groups in total. The number of likely N-dealkylation sites (N-methyl/N-ethyl adjacent to an activating group) is 1. The van der Waals surface area contributed by atoms with E-state index in [-0.39, 0.29) is 5.78 Å². The number of methoxy groups -OCH3 is 1. The summed E-state index contributed by atoms with van der Waals surface area (Å²) in [4.78, 5) is 12.1. The molecule has 0 heterocycles. The second-order valence-electron chi connectivity index (χ2n) is 4.92. The standard InChI is InChI=1S/C15H20ClNO2/c1-17-9-13(18)12-8-10-6-4-3-5-7-11(10)14(16)15(12)19-2/h8,17H,3-7,9H2,1-2H3. The maximum Gasteiger partial charge on any atom is 0.180 e. The van der Waals surface area contributed by atoms with Gasteiger partial charge in [-0.1, -0.05) is 18.0 Å². The lowest BCUT2D eigenvalue weighted by Gasteiger charge is -2.16. The SMILES string of the molecule is CNCC(=O)c1cc2c(c(Cl)c1OC)CCCCC2. The number of hydrogen-bond donors (Lipinski definition) is 1. The van der Waals surface area contributed by atoms with Gasteiger partial charge in [-0.15, -0.1) is 0 Å². The van der Waals surface area contributed by atoms with E-state index in [2.05, 4.69) is 5.32 Å². The first-order valence-corrected chi connectivity index (χ1v) is 7.13. The number of ether oxygens (including phenoxy) is 1. The Labute approximate surface area is 119 Å². The Morgan fingerprint density at radius 3 is 2.79 bits per heavy atom. The zero-order chi connectivity index (χ0) is 13.8. The molecule has 0 atom stereocenters. The summed E-state index contributed by atoms with van der Waals surface area (Å²) in [6.45, 7) is 0.297. The highest BCUT2D eigenvalue weighted by atomic mass is 35.5. The minimum Gasteiger partial charge on any atom is -0.494 e. The van der Waals surface area contributed by atoms with Gasteiger partial charge in [0.25, 0.3) is 0 Å². The highest BCUT2D eigenvalue weighted by molar-refractivity contribution is 6.33. The first kappa shape index (κ1) is 14.4. The summed E-state index contributed by atoms with van der Waals surface area (Å²) < 4.78 is 5.37. The molecule has 0 spiro atoms. The van der Waals surface area contributed by atoms with Crippen molar-refractivity contribution in [2.45, 2.75) is 32.1 Å². The van der Waals surface area contributed by atoms with Crippen LogP contribution < -0.4 is 10.1 Å². The number of rotatable bonds is 4. The van der Waals surface area contributed by atoms with E-state index in [4.69, 9.17) is 16.3 Å². The smallest absolute Gasteiger partial charge is 0.180 e. The molecule has 0 bridgehead atoms. The van der Waals surface area contributed by atoms with Crippen molar-refractivity contribution in [1.29, 1.82) is 0 Å². The molecule has 0 fully saturated rings. The van der Waals surface area contributed by atoms with Crippen molar-refractivity contribution < 1.29 is 9.53 Å². The number of hydrogen-bond acceptors (Lipinski definition) is 3. The van der Waals surface area contributed by atoms with Gasteiger partial charge < -0.3 is 10.1 Å². The zero-order valence-corrected chi connectivity index (χ0v) is 12.3. The highest BCUT2D eigenvalue weighted by Gasteiger charge is 2.22. The topological polar surface area (TPSA) is 38.3 Å². The van der Waals surface area contributed by atoms with Crippen LogP contribution in [-0.2, 0) is 12.8 Å². The van der Waals surface area contributed by atoms with Crippen molar-refractivity contribution in [3.8, 4) is 5.75 Å². The second kappa shape index (κ2) is 6.40. The molecule has 1 aliphatic rings. The van der Waals surface area contributed by atoms with E-state index in [9.17, 15) is 4.79 Å². The van der Waals surface area contributed by atoms with Crippen molar-refractivity contribution in [3.63, 3.8) is 0 Å². The molecule has 0 aliphatic heterocycles. The molecule has 0 saturated carbocycles. The maximum absolute atomic E-state index is 12.1. The van der Waals surface area contributed by atoms with Crippen LogP contribution in [0.5, 0.6) is 5.75 Å². The van der Waals surface area contributed by atoms with Gasteiger partial charge in [-0.3, -0.25) is 4.79 Å². The average Bonchev–Trinajstić information content (AvgIpc) is 2.64. The summed E-state index contributed by atoms with van der Waals surface area (Å²) in [5, 5.41) is 3.51. The number of Topliss-reactive ketones (excluding diaryl/α,β-unsaturated/α-hetero) is 1. The van der Waals surface area contributed by atoms with Crippen LogP contribution >= 0.6 is 11.6 Å². The van der Waals surface area contributed by atoms with Gasteiger partial charge in [-0.25, -0.2) is 0 Å². The number of ketones is 1. The Kier molecular flexibility index (Phi) is 4.83. The van der Waals surface area contributed by atoms with Crippen molar-refractivity contribution in [2.24, 2.45) is 0 Å². The first-order chi connectivity index (χ1) is 9.19. The van der Waals surface area contributed by atoms with Crippen molar-refractivity contribution >= 4 is 17.4 Å². The number of nitrogens with one attached hydrogen (secondary N) is 1. The number of fused-ring (bicyclic) bond motifs is 1. The third-order valence-electron chi connectivity index (χ3n) is 3.63. The highest BCUT2D eigenvalue weighted by Crippen LogP contribution is 2.37. The molecule has 4 heteroatoms. The van der Waals surface area contributed by atoms with Gasteiger partial charge in [0.2, 0.25) is 0 Å². The van der Waals surface area contributed by atoms with E-state index in [1.54, 1.807) is 14.2 Å². The molecule has 0 amide bonds. The van der Waals surface area contributed by atoms with Crippen LogP contribution in [0.1, 0.15) is 40.7 Å². The molecule has 0 unspecified atom stereocenters. The quantitative estimate of drug-likeness (QED) is 0.681. The largest absolute Gasteiger partial charge is 0.494 e. The lowest BCUT2D eigenvalue weighted by atomic mass is 9.97. The average molecular weight is 282 g/mol. The van der Waals surface area contributed by atoms with E-state index >= 15 is 0 Å². The minimum atomic E-state index is 0.0216. The van der Waals surface area contributed by atoms with Crippen molar-refractivity contribution in [2.75, 3.05) is 20.7 Å². The Morgan fingerprint density at radius 2 is 2.11 bits per heavy atom. The lowest BCUT2D eigenvalue weighted by molar-refractivity contribution is 0.0990. The summed E-state index contributed by atoms with van der Waals surface area (Å²) in [5.74, 6) is 0.552. The summed E-state index contributed by atoms with van der Waals surface area (Å²) >= 11 is 6.45. The second-order valence-corrected chi connectivity index (χ2v) is 5.30. The van der Waals surface area contributed by atoms with Gasteiger partial charge in [-0.05, 0) is 49.9 Å². The fraction of sp³-hybridized carbons (Fsp3) is 0.533. The van der Waals surface area contributed by atoms with Crippen molar-refractivity contribution in [1.82, 2.24) is 5.32 Å². The molecule has 19 heavy (non-hydrogen) atoms. The first-order valence-electron chi connectivity index (χ1n) is 6.75. The van der Waals surface area contributed by atoms with Crippen LogP contribution in [0.2, 0.25) is 5.02 Å². The molecule has 0 saturated heterocycles. The summed E-state index contributed by atoms with van der Waals surface area (Å²) in [5.41, 5.74) is 2.97. The fourth-order valence-corrected chi connectivity index (χ4v) is 3.07. The number of aryl methyl sites for hydroxylation is 1. The monoisotopic (exact) mass is 281 g/mol. The molecule has 1 aromatic carbocycles. The van der Waals surface area contributed by atoms with E-state index in [0.29, 0.717) is 22.9 Å². The van der Waals surface area contributed by atoms with Gasteiger partial charge in [-0.2, -0.15) is 0 Å². The van der Waals surface area contributed by atoms with Gasteiger partial charge in [0.05, 0.1) is 24.2 Å². The molecule has 0 radical (unpaired) electrons. The molecule has 3 nitrogen and oxygen atoms in total. The Morgan fingerprint density at radius 1 is 1.37 bits per heavy atom. The predicted octanol–water partition coefficient (Wildman–Crippen LogP) is 3.02. The van der Waals surface area contributed by atoms with Crippen LogP contribution in [-0.4, -0.2) is 26.5 Å². The number of carbonyl (C=O) groups excluding carboxylic acids is 1. The van der Waals surface area contributed by atoms with Crippen molar-refractivity contribution in [3.05, 3.63) is 27.8 Å². The van der Waals surface area contributed by atoms with Crippen LogP contribution in [0.15, 0.2) is 6.07 Å². The Hall–Kier alpha value is -1.06. The Bertz CT molecular complexity index is 486. The number of benzene rings is 1. The lowest BCUT2D eigenvalue weighted by Crippen LogP contribution is -2.19. The summed E-state index contributed by atoms with van der Waals surface area (Å²) in [6.07, 6.45) is 5.51. The van der Waals surface area contributed by atoms with Gasteiger partial charge in [0, 0.05) is 0 Å². The molecular formula is C15H20ClNO2. The molecular weight excluding hydrogens is 262 g/mol. The van der Waals surface area contributed by atoms with E-state index in [0.717, 1.165) is 31.2 Å². The van der Waals surface area contributed by atoms with E-state index in [1.807, 2.05) is 6.07 Å². The van der Waals surface area contributed by atoms with Crippen LogP contribution in [0.25, 0.3) is 0 Å². The van der Waals surface area contributed by atoms with Crippen LogP contribution in [0.3, 0.4) is 0 Å². The minimum absolute atomic E-state index is 0.0216. The van der Waals surface area contributed by atoms with Crippen LogP contribution in [0.4, 0.5) is 0 Å². The fourth-order valence-electron chi connectivity index (χ4n) is 2.67. The predicted molar refractivity (Wildman–Crippen MR) is 77.5 cm³/mol. The van der Waals surface area contributed by atoms with Crippen LogP contribution in [0, 0.1) is 0 Å². The Balaban J connectivity index is 2.51. The molecule has 1 aromatic rings. The van der Waals surface area contributed by atoms with Gasteiger partial charge >= 0.3 is 0 Å². The van der Waals surface area contributed by atoms with Gasteiger partial charge in [0.15, 0.2) is 5.78 Å².